The van der Waals surface area contributed by atoms with Crippen molar-refractivity contribution in [2.75, 3.05) is 13.2 Å². The van der Waals surface area contributed by atoms with Crippen molar-refractivity contribution >= 4 is 12.0 Å². The quantitative estimate of drug-likeness (QED) is 0.0622. The van der Waals surface area contributed by atoms with E-state index < -0.39 is 116 Å². The Hall–Kier alpha value is -3.67. The molecule has 3 heterocycles. The van der Waals surface area contributed by atoms with Gasteiger partial charge in [-0.15, -0.1) is 0 Å². The van der Waals surface area contributed by atoms with Gasteiger partial charge >= 0.3 is 5.97 Å². The van der Waals surface area contributed by atoms with Gasteiger partial charge in [0.15, 0.2) is 48.0 Å². The Kier molecular flexibility index (Phi) is 13.7. The van der Waals surface area contributed by atoms with E-state index in [-0.39, 0.29) is 30.1 Å². The molecule has 3 fully saturated rings. The predicted molar refractivity (Wildman–Crippen MR) is 178 cm³/mol. The van der Waals surface area contributed by atoms with Gasteiger partial charge in [0, 0.05) is 6.08 Å². The molecule has 0 spiro atoms. The number of rotatable bonds is 12. The van der Waals surface area contributed by atoms with Crippen LogP contribution >= 0.6 is 0 Å². The maximum atomic E-state index is 13.3. The van der Waals surface area contributed by atoms with Gasteiger partial charge in [0.25, 0.3) is 0 Å². The van der Waals surface area contributed by atoms with Crippen molar-refractivity contribution in [2.45, 2.75) is 112 Å². The Balaban J connectivity index is 1.49. The summed E-state index contributed by atoms with van der Waals surface area (Å²) in [5.41, 5.74) is 0.798. The number of carbonyl (C=O) groups excluding carboxylic acids is 1. The number of esters is 1. The van der Waals surface area contributed by atoms with Gasteiger partial charge in [0.2, 0.25) is 0 Å². The minimum atomic E-state index is -1.89. The van der Waals surface area contributed by atoms with Crippen molar-refractivity contribution in [1.29, 1.82) is 0 Å². The van der Waals surface area contributed by atoms with Gasteiger partial charge in [-0.3, -0.25) is 0 Å². The van der Waals surface area contributed by atoms with Gasteiger partial charge in [-0.1, -0.05) is 12.1 Å². The monoisotopic (exact) mass is 770 g/mol. The van der Waals surface area contributed by atoms with E-state index in [1.54, 1.807) is 0 Å². The van der Waals surface area contributed by atoms with Crippen LogP contribution in [0.25, 0.3) is 6.08 Å². The van der Waals surface area contributed by atoms with Crippen LogP contribution in [-0.2, 0) is 44.4 Å². The molecule has 54 heavy (non-hydrogen) atoms. The molecule has 300 valence electrons. The van der Waals surface area contributed by atoms with Crippen molar-refractivity contribution in [3.63, 3.8) is 0 Å². The molecular formula is C35H46O19. The molecule has 2 aromatic rings. The number of ether oxygens (including phenoxy) is 7. The second-order valence-electron chi connectivity index (χ2n) is 13.2. The summed E-state index contributed by atoms with van der Waals surface area (Å²) in [7, 11) is 0. The molecule has 3 saturated heterocycles. The van der Waals surface area contributed by atoms with E-state index in [1.807, 2.05) is 0 Å². The lowest BCUT2D eigenvalue weighted by Crippen LogP contribution is -2.67. The third-order valence-corrected chi connectivity index (χ3v) is 9.35. The van der Waals surface area contributed by atoms with Gasteiger partial charge in [-0.05, 0) is 61.7 Å². The first-order chi connectivity index (χ1) is 25.6. The zero-order chi connectivity index (χ0) is 39.4. The standard InChI is InChI=1S/C35H46O19/c1-14-24(42)26(44)28(46)33(49-14)53-31-30(52-23(41)8-5-16-3-6-18(37)20(39)11-16)22(13-36)51-35(48-10-9-17-4-7-19(38)21(40)12-17)32(31)54-34-29(47)27(45)25(43)15(2)50-34/h3-8,11-12,14-15,22,24-40,42-47H,9-10,13H2,1-2H3/b8-5+/t14-,15-,22+,24+,25+,26-,27-,28-,29-,30+,31-,32+,33-,34-,35+/m0/s1. The molecule has 0 unspecified atom stereocenters. The number of aliphatic hydroxyl groups is 7. The first-order valence-corrected chi connectivity index (χ1v) is 17.1. The number of carbonyl (C=O) groups is 1. The maximum absolute atomic E-state index is 13.3. The molecule has 0 saturated carbocycles. The average Bonchev–Trinajstić information content (AvgIpc) is 3.14. The van der Waals surface area contributed by atoms with E-state index in [1.165, 1.54) is 56.3 Å². The van der Waals surface area contributed by atoms with Crippen LogP contribution in [0.2, 0.25) is 0 Å². The van der Waals surface area contributed by atoms with E-state index in [9.17, 15) is 61.0 Å². The second-order valence-corrected chi connectivity index (χ2v) is 13.2. The topological polar surface area (TPSA) is 304 Å². The van der Waals surface area contributed by atoms with Crippen molar-refractivity contribution in [3.05, 3.63) is 53.6 Å². The number of hydrogen-bond donors (Lipinski definition) is 11. The fraction of sp³-hybridized carbons (Fsp3) is 0.571. The minimum absolute atomic E-state index is 0.113. The van der Waals surface area contributed by atoms with Crippen molar-refractivity contribution in [1.82, 2.24) is 0 Å². The molecule has 0 radical (unpaired) electrons. The van der Waals surface area contributed by atoms with Gasteiger partial charge in [-0.2, -0.15) is 0 Å². The highest BCUT2D eigenvalue weighted by atomic mass is 16.8. The highest BCUT2D eigenvalue weighted by Gasteiger charge is 2.55. The van der Waals surface area contributed by atoms with Crippen LogP contribution in [0.15, 0.2) is 42.5 Å². The molecule has 2 aromatic carbocycles. The lowest BCUT2D eigenvalue weighted by atomic mass is 9.96. The van der Waals surface area contributed by atoms with Gasteiger partial charge in [0.1, 0.15) is 54.9 Å². The van der Waals surface area contributed by atoms with Gasteiger partial charge in [-0.25, -0.2) is 4.79 Å². The number of hydrogen-bond acceptors (Lipinski definition) is 19. The molecule has 19 heteroatoms. The average molecular weight is 771 g/mol. The number of phenols is 4. The van der Waals surface area contributed by atoms with E-state index in [0.717, 1.165) is 6.08 Å². The van der Waals surface area contributed by atoms with E-state index in [2.05, 4.69) is 0 Å². The molecule has 0 aliphatic carbocycles. The third kappa shape index (κ3) is 9.40. The molecule has 19 nitrogen and oxygen atoms in total. The largest absolute Gasteiger partial charge is 0.504 e. The van der Waals surface area contributed by atoms with Crippen LogP contribution in [0.1, 0.15) is 25.0 Å². The van der Waals surface area contributed by atoms with Crippen LogP contribution < -0.4 is 0 Å². The van der Waals surface area contributed by atoms with Crippen molar-refractivity contribution < 1.29 is 94.1 Å². The predicted octanol–water partition coefficient (Wildman–Crippen LogP) is -2.16. The lowest BCUT2D eigenvalue weighted by molar-refractivity contribution is -0.389. The second kappa shape index (κ2) is 17.9. The first kappa shape index (κ1) is 41.5. The van der Waals surface area contributed by atoms with Crippen molar-refractivity contribution in [2.24, 2.45) is 0 Å². The SMILES string of the molecule is C[C@@H]1O[C@@H](O[C@@H]2[C@@H](O[C@@H]3O[C@@H](C)[C@@H](O)[C@H](O)[C@@H]3O)[C@H](OCCc3ccc(O)c(O)c3)O[C@H](CO)[C@H]2OC(=O)/C=C/c2ccc(O)c(O)c2)[C@@H](O)[C@@H](O)[C@@H]1O. The third-order valence-electron chi connectivity index (χ3n) is 9.35. The Morgan fingerprint density at radius 1 is 0.667 bits per heavy atom. The Morgan fingerprint density at radius 2 is 1.22 bits per heavy atom. The Labute approximate surface area is 308 Å². The molecular weight excluding hydrogens is 724 g/mol. The molecule has 3 aliphatic heterocycles. The number of aliphatic hydroxyl groups excluding tert-OH is 7. The summed E-state index contributed by atoms with van der Waals surface area (Å²) < 4.78 is 41.3. The van der Waals surface area contributed by atoms with Gasteiger partial charge in [0.05, 0.1) is 25.4 Å². The number of benzene rings is 2. The summed E-state index contributed by atoms with van der Waals surface area (Å²) in [6, 6.07) is 7.82. The zero-order valence-electron chi connectivity index (χ0n) is 29.1. The summed E-state index contributed by atoms with van der Waals surface area (Å²) in [6.45, 7) is 1.78. The molecule has 0 bridgehead atoms. The van der Waals surface area contributed by atoms with E-state index in [4.69, 9.17) is 33.2 Å². The van der Waals surface area contributed by atoms with E-state index in [0.29, 0.717) is 5.56 Å². The van der Waals surface area contributed by atoms with Crippen LogP contribution in [0.5, 0.6) is 23.0 Å². The Morgan fingerprint density at radius 3 is 1.78 bits per heavy atom. The molecule has 11 N–H and O–H groups in total. The van der Waals surface area contributed by atoms with Crippen molar-refractivity contribution in [3.8, 4) is 23.0 Å². The first-order valence-electron chi connectivity index (χ1n) is 17.1. The molecule has 0 aromatic heterocycles. The lowest BCUT2D eigenvalue weighted by Gasteiger charge is -2.49. The summed E-state index contributed by atoms with van der Waals surface area (Å²) in [4.78, 5) is 13.3. The summed E-state index contributed by atoms with van der Waals surface area (Å²) >= 11 is 0. The van der Waals surface area contributed by atoms with Crippen LogP contribution in [0, 0.1) is 0 Å². The minimum Gasteiger partial charge on any atom is -0.504 e. The van der Waals surface area contributed by atoms with Crippen LogP contribution in [-0.4, -0.2) is 167 Å². The molecule has 5 rings (SSSR count). The van der Waals surface area contributed by atoms with Crippen LogP contribution in [0.4, 0.5) is 0 Å². The molecule has 3 aliphatic rings. The van der Waals surface area contributed by atoms with Crippen LogP contribution in [0.3, 0.4) is 0 Å². The highest BCUT2D eigenvalue weighted by molar-refractivity contribution is 5.87. The molecule has 15 atom stereocenters. The smallest absolute Gasteiger partial charge is 0.331 e. The number of aromatic hydroxyl groups is 4. The van der Waals surface area contributed by atoms with Gasteiger partial charge < -0.3 is 89.3 Å². The highest BCUT2D eigenvalue weighted by Crippen LogP contribution is 2.35. The molecule has 0 amide bonds. The zero-order valence-corrected chi connectivity index (χ0v) is 29.1. The summed E-state index contributed by atoms with van der Waals surface area (Å²) in [5.74, 6) is -2.64. The summed E-state index contributed by atoms with van der Waals surface area (Å²) in [6.07, 6.45) is -21.7. The maximum Gasteiger partial charge on any atom is 0.331 e. The number of phenolic OH excluding ortho intramolecular Hbond substituents is 4. The Bertz CT molecular complexity index is 1590. The van der Waals surface area contributed by atoms with E-state index >= 15 is 0 Å². The fourth-order valence-corrected chi connectivity index (χ4v) is 6.16. The normalized spacial score (nSPS) is 37.3. The summed E-state index contributed by atoms with van der Waals surface area (Å²) in [5, 5.41) is 113. The fourth-order valence-electron chi connectivity index (χ4n) is 6.16.